The smallest absolute Gasteiger partial charge is 0.336 e. The van der Waals surface area contributed by atoms with Crippen molar-refractivity contribution >= 4 is 19.9 Å². The second-order valence-electron chi connectivity index (χ2n) is 3.78. The zero-order valence-corrected chi connectivity index (χ0v) is 9.42. The van der Waals surface area contributed by atoms with Crippen LogP contribution in [-0.4, -0.2) is 56.8 Å². The first kappa shape index (κ1) is 13.3. The lowest BCUT2D eigenvalue weighted by Gasteiger charge is -2.24. The minimum atomic E-state index is -4.49. The number of likely N-dealkylation sites (tertiary alicyclic amines) is 1. The van der Waals surface area contributed by atoms with Gasteiger partial charge in [-0.2, -0.15) is 0 Å². The summed E-state index contributed by atoms with van der Waals surface area (Å²) in [4.78, 5) is 40.5. The molecule has 0 amide bonds. The first-order valence-corrected chi connectivity index (χ1v) is 6.51. The van der Waals surface area contributed by atoms with Crippen LogP contribution in [0.2, 0.25) is 0 Å². The lowest BCUT2D eigenvalue weighted by molar-refractivity contribution is -0.142. The largest absolute Gasteiger partial charge is 0.480 e. The average molecular weight is 251 g/mol. The van der Waals surface area contributed by atoms with E-state index in [9.17, 15) is 14.2 Å². The molecule has 2 atom stereocenters. The van der Waals surface area contributed by atoms with Crippen LogP contribution in [0, 0.1) is 0 Å². The molecule has 1 rings (SSSR count). The van der Waals surface area contributed by atoms with Gasteiger partial charge in [0, 0.05) is 6.54 Å². The van der Waals surface area contributed by atoms with Crippen molar-refractivity contribution in [2.75, 3.05) is 13.1 Å². The molecule has 0 spiro atoms. The molecule has 1 aliphatic heterocycles. The van der Waals surface area contributed by atoms with Gasteiger partial charge in [-0.05, 0) is 19.4 Å². The normalized spacial score (nSPS) is 24.2. The molecule has 1 unspecified atom stereocenters. The van der Waals surface area contributed by atoms with E-state index in [2.05, 4.69) is 0 Å². The molecule has 0 radical (unpaired) electrons. The molecular weight excluding hydrogens is 237 g/mol. The predicted octanol–water partition coefficient (Wildman–Crippen LogP) is -0.719. The first-order chi connectivity index (χ1) is 7.36. The Kier molecular flexibility index (Phi) is 4.21. The number of hydrogen-bond donors (Lipinski definition) is 3. The lowest BCUT2D eigenvalue weighted by atomic mass is 10.2. The third kappa shape index (κ3) is 3.12. The van der Waals surface area contributed by atoms with Crippen molar-refractivity contribution in [1.82, 2.24) is 4.90 Å². The summed E-state index contributed by atoms with van der Waals surface area (Å²) in [6, 6.07) is -0.742. The minimum absolute atomic E-state index is 0.192. The summed E-state index contributed by atoms with van der Waals surface area (Å²) in [5.41, 5.74) is -1.44. The second kappa shape index (κ2) is 5.05. The summed E-state index contributed by atoms with van der Waals surface area (Å²) >= 11 is 0. The van der Waals surface area contributed by atoms with Crippen LogP contribution in [0.3, 0.4) is 0 Å². The molecule has 3 N–H and O–H groups in total. The average Bonchev–Trinajstić information content (AvgIpc) is 2.59. The van der Waals surface area contributed by atoms with Crippen molar-refractivity contribution in [2.24, 2.45) is 0 Å². The van der Waals surface area contributed by atoms with Crippen LogP contribution in [0.5, 0.6) is 0 Å². The maximum absolute atomic E-state index is 10.9. The molecule has 1 heterocycles. The van der Waals surface area contributed by atoms with Gasteiger partial charge in [0.05, 0.1) is 0 Å². The highest BCUT2D eigenvalue weighted by Gasteiger charge is 2.36. The van der Waals surface area contributed by atoms with Gasteiger partial charge in [0.2, 0.25) is 0 Å². The quantitative estimate of drug-likeness (QED) is 0.436. The summed E-state index contributed by atoms with van der Waals surface area (Å²) in [7, 11) is -4.49. The van der Waals surface area contributed by atoms with E-state index in [1.165, 1.54) is 4.90 Å². The second-order valence-corrected chi connectivity index (χ2v) is 5.63. The van der Waals surface area contributed by atoms with E-state index in [0.29, 0.717) is 19.4 Å². The van der Waals surface area contributed by atoms with Gasteiger partial charge in [-0.3, -0.25) is 14.3 Å². The number of hydrogen-bond acceptors (Lipinski definition) is 4. The van der Waals surface area contributed by atoms with Gasteiger partial charge in [-0.1, -0.05) is 0 Å². The topological polar surface area (TPSA) is 115 Å². The maximum Gasteiger partial charge on any atom is 0.336 e. The Bertz CT molecular complexity index is 326. The lowest BCUT2D eigenvalue weighted by Crippen LogP contribution is -2.41. The number of aliphatic carboxylic acids is 1. The van der Waals surface area contributed by atoms with Crippen molar-refractivity contribution in [3.8, 4) is 0 Å². The monoisotopic (exact) mass is 251 g/mol. The van der Waals surface area contributed by atoms with Crippen LogP contribution in [0.4, 0.5) is 0 Å². The third-order valence-electron chi connectivity index (χ3n) is 2.66. The zero-order chi connectivity index (χ0) is 12.3. The van der Waals surface area contributed by atoms with Crippen molar-refractivity contribution in [3.05, 3.63) is 0 Å². The number of rotatable bonds is 5. The number of carbonyl (C=O) groups excluding carboxylic acids is 1. The number of carbonyl (C=O) groups is 2. The third-order valence-corrected chi connectivity index (χ3v) is 3.81. The summed E-state index contributed by atoms with van der Waals surface area (Å²) in [5.74, 6) is -1.02. The predicted molar refractivity (Wildman–Crippen MR) is 54.1 cm³/mol. The number of carboxylic acids is 1. The Morgan fingerprint density at radius 1 is 1.56 bits per heavy atom. The Balaban J connectivity index is 2.68. The maximum atomic E-state index is 10.9. The Morgan fingerprint density at radius 2 is 2.19 bits per heavy atom. The van der Waals surface area contributed by atoms with Crippen molar-refractivity contribution < 1.29 is 29.0 Å². The molecule has 0 aromatic heterocycles. The molecule has 1 aliphatic rings. The van der Waals surface area contributed by atoms with Gasteiger partial charge in [0.25, 0.3) is 0 Å². The van der Waals surface area contributed by atoms with Gasteiger partial charge in [0.1, 0.15) is 18.0 Å². The van der Waals surface area contributed by atoms with E-state index in [-0.39, 0.29) is 12.8 Å². The SMILES string of the molecule is O=CC(CN1CCC[C@H]1C(=O)O)P(=O)(O)O. The van der Waals surface area contributed by atoms with Crippen molar-refractivity contribution in [2.45, 2.75) is 24.5 Å². The molecule has 1 fully saturated rings. The molecule has 16 heavy (non-hydrogen) atoms. The zero-order valence-electron chi connectivity index (χ0n) is 8.52. The molecule has 1 saturated heterocycles. The minimum Gasteiger partial charge on any atom is -0.480 e. The summed E-state index contributed by atoms with van der Waals surface area (Å²) in [6.45, 7) is 0.242. The molecule has 0 aromatic carbocycles. The summed E-state index contributed by atoms with van der Waals surface area (Å²) in [6.07, 6.45) is 1.30. The standard InChI is InChI=1S/C8H14NO6P/c10-5-6(16(13,14)15)4-9-3-1-2-7(9)8(11)12/h5-7H,1-4H2,(H,11,12)(H2,13,14,15)/t6?,7-/m0/s1. The van der Waals surface area contributed by atoms with Crippen LogP contribution >= 0.6 is 7.60 Å². The van der Waals surface area contributed by atoms with Gasteiger partial charge < -0.3 is 19.7 Å². The Morgan fingerprint density at radius 3 is 2.62 bits per heavy atom. The van der Waals surface area contributed by atoms with Gasteiger partial charge >= 0.3 is 13.6 Å². The van der Waals surface area contributed by atoms with Gasteiger partial charge in [-0.15, -0.1) is 0 Å². The van der Waals surface area contributed by atoms with Crippen molar-refractivity contribution in [3.63, 3.8) is 0 Å². The molecular formula is C8H14NO6P. The Labute approximate surface area is 92.2 Å². The van der Waals surface area contributed by atoms with Crippen LogP contribution in [0.15, 0.2) is 0 Å². The van der Waals surface area contributed by atoms with Crippen LogP contribution < -0.4 is 0 Å². The highest BCUT2D eigenvalue weighted by atomic mass is 31.2. The molecule has 8 heteroatoms. The first-order valence-electron chi connectivity index (χ1n) is 4.83. The van der Waals surface area contributed by atoms with Crippen LogP contribution in [-0.2, 0) is 14.2 Å². The molecule has 0 saturated carbocycles. The summed E-state index contributed by atoms with van der Waals surface area (Å²) < 4.78 is 10.9. The summed E-state index contributed by atoms with van der Waals surface area (Å²) in [5, 5.41) is 8.85. The highest BCUT2D eigenvalue weighted by Crippen LogP contribution is 2.41. The van der Waals surface area contributed by atoms with Gasteiger partial charge in [0.15, 0.2) is 0 Å². The molecule has 7 nitrogen and oxygen atoms in total. The number of carboxylic acid groups (broad SMARTS) is 1. The van der Waals surface area contributed by atoms with E-state index in [1.807, 2.05) is 0 Å². The van der Waals surface area contributed by atoms with E-state index < -0.39 is 25.3 Å². The molecule has 0 bridgehead atoms. The van der Waals surface area contributed by atoms with E-state index in [4.69, 9.17) is 14.9 Å². The fraction of sp³-hybridized carbons (Fsp3) is 0.750. The van der Waals surface area contributed by atoms with E-state index in [1.54, 1.807) is 0 Å². The molecule has 92 valence electrons. The number of nitrogens with zero attached hydrogens (tertiary/aromatic N) is 1. The Hall–Kier alpha value is -0.750. The fourth-order valence-corrected chi connectivity index (χ4v) is 2.37. The molecule has 0 aliphatic carbocycles. The highest BCUT2D eigenvalue weighted by molar-refractivity contribution is 7.53. The van der Waals surface area contributed by atoms with Crippen LogP contribution in [0.25, 0.3) is 0 Å². The van der Waals surface area contributed by atoms with E-state index >= 15 is 0 Å². The number of aldehydes is 1. The van der Waals surface area contributed by atoms with Crippen LogP contribution in [0.1, 0.15) is 12.8 Å². The molecule has 0 aromatic rings. The van der Waals surface area contributed by atoms with Crippen molar-refractivity contribution in [1.29, 1.82) is 0 Å². The fourth-order valence-electron chi connectivity index (χ4n) is 1.79. The van der Waals surface area contributed by atoms with Gasteiger partial charge in [-0.25, -0.2) is 0 Å². The van der Waals surface area contributed by atoms with E-state index in [0.717, 1.165) is 0 Å².